The first-order chi connectivity index (χ1) is 13.2. The molecule has 1 unspecified atom stereocenters. The van der Waals surface area contributed by atoms with Gasteiger partial charge in [-0.1, -0.05) is 18.2 Å². The third kappa shape index (κ3) is 2.93. The molecular weight excluding hydrogens is 336 g/mol. The molecule has 3 aromatic rings. The quantitative estimate of drug-likeness (QED) is 0.685. The van der Waals surface area contributed by atoms with E-state index < -0.39 is 0 Å². The first-order valence-electron chi connectivity index (χ1n) is 9.81. The second kappa shape index (κ2) is 6.70. The van der Waals surface area contributed by atoms with Crippen LogP contribution in [0.3, 0.4) is 0 Å². The first-order valence-corrected chi connectivity index (χ1v) is 9.81. The Balaban J connectivity index is 1.57. The average molecular weight is 362 g/mol. The normalized spacial score (nSPS) is 20.8. The van der Waals surface area contributed by atoms with Crippen LogP contribution in [0, 0.1) is 6.92 Å². The number of rotatable bonds is 2. The summed E-state index contributed by atoms with van der Waals surface area (Å²) in [4.78, 5) is 4.91. The highest BCUT2D eigenvalue weighted by molar-refractivity contribution is 5.78. The smallest absolute Gasteiger partial charge is 0.134 e. The summed E-state index contributed by atoms with van der Waals surface area (Å²) in [5.41, 5.74) is 8.05. The van der Waals surface area contributed by atoms with Crippen LogP contribution in [0.4, 0.5) is 5.69 Å². The van der Waals surface area contributed by atoms with Crippen molar-refractivity contribution in [1.82, 2.24) is 4.90 Å². The molecule has 2 aliphatic rings. The number of likely N-dealkylation sites (N-methyl/N-ethyl adjacent to an activating group) is 1. The van der Waals surface area contributed by atoms with Crippen molar-refractivity contribution in [2.24, 2.45) is 0 Å². The van der Waals surface area contributed by atoms with Gasteiger partial charge < -0.3 is 19.0 Å². The topological polar surface area (TPSA) is 28.9 Å². The van der Waals surface area contributed by atoms with Crippen LogP contribution in [-0.2, 0) is 11.3 Å². The van der Waals surface area contributed by atoms with E-state index in [0.717, 1.165) is 45.0 Å². The highest BCUT2D eigenvalue weighted by Crippen LogP contribution is 2.38. The number of ether oxygens (including phenoxy) is 1. The van der Waals surface area contributed by atoms with Gasteiger partial charge in [0.15, 0.2) is 0 Å². The molecule has 27 heavy (non-hydrogen) atoms. The molecule has 140 valence electrons. The van der Waals surface area contributed by atoms with E-state index in [0.29, 0.717) is 5.92 Å². The number of anilines is 1. The SMILES string of the molecule is Cc1c(N2CCOCC2)ccc2c1CN(C)CC2c1ccc2ccoc2c1. The molecule has 0 N–H and O–H groups in total. The van der Waals surface area contributed by atoms with E-state index in [9.17, 15) is 0 Å². The van der Waals surface area contributed by atoms with Gasteiger partial charge in [0.2, 0.25) is 0 Å². The predicted octanol–water partition coefficient (Wildman–Crippen LogP) is 4.16. The lowest BCUT2D eigenvalue weighted by molar-refractivity contribution is 0.122. The summed E-state index contributed by atoms with van der Waals surface area (Å²) in [5, 5.41) is 1.17. The highest BCUT2D eigenvalue weighted by Gasteiger charge is 2.28. The van der Waals surface area contributed by atoms with Gasteiger partial charge in [-0.25, -0.2) is 0 Å². The Hall–Kier alpha value is -2.30. The molecule has 0 aliphatic carbocycles. The van der Waals surface area contributed by atoms with Crippen LogP contribution < -0.4 is 4.90 Å². The zero-order chi connectivity index (χ0) is 18.4. The molecule has 0 spiro atoms. The van der Waals surface area contributed by atoms with Gasteiger partial charge in [0.1, 0.15) is 5.58 Å². The van der Waals surface area contributed by atoms with Crippen LogP contribution in [0.2, 0.25) is 0 Å². The number of furan rings is 1. The van der Waals surface area contributed by atoms with Crippen LogP contribution in [0.5, 0.6) is 0 Å². The van der Waals surface area contributed by atoms with Crippen molar-refractivity contribution < 1.29 is 9.15 Å². The summed E-state index contributed by atoms with van der Waals surface area (Å²) >= 11 is 0. The molecule has 4 heteroatoms. The van der Waals surface area contributed by atoms with Gasteiger partial charge in [0.25, 0.3) is 0 Å². The lowest BCUT2D eigenvalue weighted by Crippen LogP contribution is -2.37. The lowest BCUT2D eigenvalue weighted by atomic mass is 9.82. The van der Waals surface area contributed by atoms with Crippen LogP contribution in [0.15, 0.2) is 47.1 Å². The molecule has 0 radical (unpaired) electrons. The van der Waals surface area contributed by atoms with Gasteiger partial charge in [-0.2, -0.15) is 0 Å². The molecule has 5 rings (SSSR count). The summed E-state index contributed by atoms with van der Waals surface area (Å²) in [5.74, 6) is 0.380. The van der Waals surface area contributed by atoms with Gasteiger partial charge >= 0.3 is 0 Å². The van der Waals surface area contributed by atoms with Gasteiger partial charge in [-0.3, -0.25) is 0 Å². The molecule has 0 saturated carbocycles. The maximum absolute atomic E-state index is 5.65. The van der Waals surface area contributed by atoms with E-state index in [1.807, 2.05) is 6.07 Å². The fourth-order valence-corrected chi connectivity index (χ4v) is 4.67. The molecule has 4 nitrogen and oxygen atoms in total. The molecule has 1 saturated heterocycles. The third-order valence-corrected chi connectivity index (χ3v) is 6.14. The second-order valence-electron chi connectivity index (χ2n) is 7.84. The number of hydrogen-bond acceptors (Lipinski definition) is 4. The van der Waals surface area contributed by atoms with Crippen LogP contribution in [0.25, 0.3) is 11.0 Å². The molecule has 3 heterocycles. The molecular formula is C23H26N2O2. The standard InChI is InChI=1S/C23H26N2O2/c1-16-20-14-24(2)15-21(18-4-3-17-7-10-27-23(17)13-18)19(20)5-6-22(16)25-8-11-26-12-9-25/h3-7,10,13,21H,8-9,11-12,14-15H2,1-2H3. The number of nitrogens with zero attached hydrogens (tertiary/aromatic N) is 2. The molecule has 2 aromatic carbocycles. The fraction of sp³-hybridized carbons (Fsp3) is 0.391. The Kier molecular flexibility index (Phi) is 4.18. The van der Waals surface area contributed by atoms with E-state index in [2.05, 4.69) is 54.1 Å². The zero-order valence-corrected chi connectivity index (χ0v) is 16.1. The number of benzene rings is 2. The largest absolute Gasteiger partial charge is 0.464 e. The summed E-state index contributed by atoms with van der Waals surface area (Å²) in [6.45, 7) is 7.94. The van der Waals surface area contributed by atoms with Gasteiger partial charge in [-0.05, 0) is 54.4 Å². The van der Waals surface area contributed by atoms with Crippen molar-refractivity contribution in [2.75, 3.05) is 44.8 Å². The van der Waals surface area contributed by atoms with E-state index in [1.165, 1.54) is 33.3 Å². The fourth-order valence-electron chi connectivity index (χ4n) is 4.67. The first kappa shape index (κ1) is 16.8. The number of hydrogen-bond donors (Lipinski definition) is 0. The Morgan fingerprint density at radius 1 is 1.04 bits per heavy atom. The van der Waals surface area contributed by atoms with Crippen molar-refractivity contribution in [3.05, 3.63) is 64.9 Å². The summed E-state index contributed by atoms with van der Waals surface area (Å²) in [7, 11) is 2.22. The van der Waals surface area contributed by atoms with Gasteiger partial charge in [-0.15, -0.1) is 0 Å². The maximum Gasteiger partial charge on any atom is 0.134 e. The Morgan fingerprint density at radius 3 is 2.74 bits per heavy atom. The summed E-state index contributed by atoms with van der Waals surface area (Å²) in [6.07, 6.45) is 1.77. The second-order valence-corrected chi connectivity index (χ2v) is 7.84. The van der Waals surface area contributed by atoms with Gasteiger partial charge in [0.05, 0.1) is 19.5 Å². The maximum atomic E-state index is 5.65. The molecule has 0 bridgehead atoms. The minimum absolute atomic E-state index is 0.380. The molecule has 2 aliphatic heterocycles. The molecule has 1 atom stereocenters. The van der Waals surface area contributed by atoms with Crippen molar-refractivity contribution in [3.8, 4) is 0 Å². The van der Waals surface area contributed by atoms with Crippen molar-refractivity contribution >= 4 is 16.7 Å². The Morgan fingerprint density at radius 2 is 1.89 bits per heavy atom. The van der Waals surface area contributed by atoms with E-state index in [4.69, 9.17) is 9.15 Å². The summed E-state index contributed by atoms with van der Waals surface area (Å²) in [6, 6.07) is 13.4. The summed E-state index contributed by atoms with van der Waals surface area (Å²) < 4.78 is 11.2. The van der Waals surface area contributed by atoms with Crippen LogP contribution in [-0.4, -0.2) is 44.8 Å². The van der Waals surface area contributed by atoms with E-state index >= 15 is 0 Å². The van der Waals surface area contributed by atoms with Crippen molar-refractivity contribution in [3.63, 3.8) is 0 Å². The Bertz CT molecular complexity index is 972. The minimum atomic E-state index is 0.380. The molecule has 0 amide bonds. The van der Waals surface area contributed by atoms with Crippen LogP contribution >= 0.6 is 0 Å². The van der Waals surface area contributed by atoms with E-state index in [-0.39, 0.29) is 0 Å². The number of morpholine rings is 1. The lowest BCUT2D eigenvalue weighted by Gasteiger charge is -2.36. The van der Waals surface area contributed by atoms with E-state index in [1.54, 1.807) is 6.26 Å². The minimum Gasteiger partial charge on any atom is -0.464 e. The third-order valence-electron chi connectivity index (χ3n) is 6.14. The monoisotopic (exact) mass is 362 g/mol. The zero-order valence-electron chi connectivity index (χ0n) is 16.1. The Labute approximate surface area is 160 Å². The predicted molar refractivity (Wildman–Crippen MR) is 109 cm³/mol. The highest BCUT2D eigenvalue weighted by atomic mass is 16.5. The van der Waals surface area contributed by atoms with Crippen molar-refractivity contribution in [2.45, 2.75) is 19.4 Å². The van der Waals surface area contributed by atoms with Crippen molar-refractivity contribution in [1.29, 1.82) is 0 Å². The van der Waals surface area contributed by atoms with Crippen LogP contribution in [0.1, 0.15) is 28.2 Å². The molecule has 1 fully saturated rings. The number of fused-ring (bicyclic) bond motifs is 2. The molecule has 1 aromatic heterocycles. The van der Waals surface area contributed by atoms with Gasteiger partial charge in [0, 0.05) is 43.2 Å². The average Bonchev–Trinajstić information content (AvgIpc) is 3.17.